The molecule has 1 saturated heterocycles. The summed E-state index contributed by atoms with van der Waals surface area (Å²) in [5.74, 6) is 0.507. The number of pyridine rings is 1. The number of H-pyrrole nitrogens is 1. The van der Waals surface area contributed by atoms with Gasteiger partial charge in [0.05, 0.1) is 17.8 Å². The molecule has 1 fully saturated rings. The van der Waals surface area contributed by atoms with E-state index >= 15 is 0 Å². The van der Waals surface area contributed by atoms with Gasteiger partial charge in [0.2, 0.25) is 0 Å². The Kier molecular flexibility index (Phi) is 6.52. The first-order valence-corrected chi connectivity index (χ1v) is 12.1. The van der Waals surface area contributed by atoms with Crippen molar-refractivity contribution in [2.45, 2.75) is 34.7 Å². The van der Waals surface area contributed by atoms with Crippen LogP contribution < -0.4 is 0 Å². The fourth-order valence-corrected chi connectivity index (χ4v) is 5.58. The third kappa shape index (κ3) is 4.40. The second kappa shape index (κ2) is 9.58. The summed E-state index contributed by atoms with van der Waals surface area (Å²) in [6.45, 7) is -0.484. The van der Waals surface area contributed by atoms with Gasteiger partial charge in [0.1, 0.15) is 46.9 Å². The van der Waals surface area contributed by atoms with Crippen LogP contribution in [0.15, 0.2) is 41.1 Å². The SMILES string of the molecule is OCC1OC(Sc2cc(Cl)cnc2-c2ncc[nH]2)C(O)C(n2cc(-c3csc(O)n3)nn2)C1O. The minimum absolute atomic E-state index is 0.116. The Bertz CT molecular complexity index is 1270. The maximum absolute atomic E-state index is 11.2. The molecule has 0 aromatic carbocycles. The second-order valence-corrected chi connectivity index (χ2v) is 9.77. The van der Waals surface area contributed by atoms with E-state index in [1.807, 2.05) is 0 Å². The lowest BCUT2D eigenvalue weighted by Gasteiger charge is -2.41. The molecule has 5 atom stereocenters. The fraction of sp³-hybridized carbons (Fsp3) is 0.316. The number of nitrogens with one attached hydrogen (secondary N) is 1. The molecule has 5 rings (SSSR count). The largest absolute Gasteiger partial charge is 0.486 e. The summed E-state index contributed by atoms with van der Waals surface area (Å²) in [5.41, 5.74) is 0.342. The van der Waals surface area contributed by atoms with Gasteiger partial charge in [-0.2, -0.15) is 0 Å². The van der Waals surface area contributed by atoms with Crippen LogP contribution in [0, 0.1) is 0 Å². The number of thiazole rings is 1. The minimum Gasteiger partial charge on any atom is -0.486 e. The van der Waals surface area contributed by atoms with Crippen molar-refractivity contribution in [3.8, 4) is 28.1 Å². The quantitative estimate of drug-likeness (QED) is 0.246. The maximum Gasteiger partial charge on any atom is 0.271 e. The van der Waals surface area contributed by atoms with Crippen LogP contribution in [0.25, 0.3) is 22.9 Å². The first-order valence-electron chi connectivity index (χ1n) is 9.95. The van der Waals surface area contributed by atoms with E-state index in [0.29, 0.717) is 32.8 Å². The van der Waals surface area contributed by atoms with Gasteiger partial charge in [0, 0.05) is 28.9 Å². The van der Waals surface area contributed by atoms with E-state index in [0.717, 1.165) is 23.1 Å². The third-order valence-electron chi connectivity index (χ3n) is 5.20. The fourth-order valence-electron chi connectivity index (χ4n) is 3.61. The molecule has 5 N–H and O–H groups in total. The lowest BCUT2D eigenvalue weighted by Crippen LogP contribution is -2.55. The van der Waals surface area contributed by atoms with E-state index in [4.69, 9.17) is 16.3 Å². The van der Waals surface area contributed by atoms with Gasteiger partial charge in [-0.1, -0.05) is 39.9 Å². The molecular weight excluding hydrogens is 506 g/mol. The molecule has 0 saturated carbocycles. The van der Waals surface area contributed by atoms with Gasteiger partial charge in [-0.15, -0.1) is 5.10 Å². The average Bonchev–Trinajstić information content (AvgIpc) is 3.58. The second-order valence-electron chi connectivity index (χ2n) is 7.35. The summed E-state index contributed by atoms with van der Waals surface area (Å²) < 4.78 is 7.14. The molecule has 34 heavy (non-hydrogen) atoms. The van der Waals surface area contributed by atoms with Crippen molar-refractivity contribution in [3.63, 3.8) is 0 Å². The molecular formula is C19H18ClN7O5S2. The number of aromatic nitrogens is 7. The summed E-state index contributed by atoms with van der Waals surface area (Å²) >= 11 is 8.33. The van der Waals surface area contributed by atoms with Gasteiger partial charge < -0.3 is 30.1 Å². The van der Waals surface area contributed by atoms with Crippen molar-refractivity contribution < 1.29 is 25.2 Å². The summed E-state index contributed by atoms with van der Waals surface area (Å²) in [4.78, 5) is 16.1. The van der Waals surface area contributed by atoms with Crippen LogP contribution in [-0.4, -0.2) is 85.7 Å². The Balaban J connectivity index is 1.46. The molecule has 178 valence electrons. The van der Waals surface area contributed by atoms with Crippen molar-refractivity contribution in [2.75, 3.05) is 6.61 Å². The number of imidazole rings is 1. The number of ether oxygens (including phenoxy) is 1. The van der Waals surface area contributed by atoms with Crippen LogP contribution in [0.5, 0.6) is 5.19 Å². The number of aromatic amines is 1. The number of nitrogens with zero attached hydrogens (tertiary/aromatic N) is 6. The highest BCUT2D eigenvalue weighted by molar-refractivity contribution is 8.00. The molecule has 5 unspecified atom stereocenters. The van der Waals surface area contributed by atoms with Gasteiger partial charge >= 0.3 is 0 Å². The highest BCUT2D eigenvalue weighted by atomic mass is 35.5. The van der Waals surface area contributed by atoms with Crippen molar-refractivity contribution in [1.29, 1.82) is 0 Å². The van der Waals surface area contributed by atoms with Gasteiger partial charge in [0.25, 0.3) is 5.19 Å². The first kappa shape index (κ1) is 23.2. The lowest BCUT2D eigenvalue weighted by atomic mass is 9.97. The molecule has 5 heterocycles. The average molecular weight is 524 g/mol. The van der Waals surface area contributed by atoms with Crippen LogP contribution in [-0.2, 0) is 4.74 Å². The monoisotopic (exact) mass is 523 g/mol. The molecule has 1 aliphatic rings. The molecule has 12 nitrogen and oxygen atoms in total. The molecule has 0 radical (unpaired) electrons. The summed E-state index contributed by atoms with van der Waals surface area (Å²) in [7, 11) is 0. The molecule has 0 bridgehead atoms. The van der Waals surface area contributed by atoms with E-state index in [1.54, 1.807) is 23.8 Å². The first-order chi connectivity index (χ1) is 16.4. The van der Waals surface area contributed by atoms with E-state index in [1.165, 1.54) is 17.1 Å². The number of rotatable bonds is 6. The Morgan fingerprint density at radius 3 is 2.79 bits per heavy atom. The van der Waals surface area contributed by atoms with Gasteiger partial charge in [-0.25, -0.2) is 14.6 Å². The van der Waals surface area contributed by atoms with E-state index in [-0.39, 0.29) is 5.19 Å². The Hall–Kier alpha value is -2.59. The minimum atomic E-state index is -1.28. The maximum atomic E-state index is 11.2. The highest BCUT2D eigenvalue weighted by Gasteiger charge is 2.46. The predicted molar refractivity (Wildman–Crippen MR) is 122 cm³/mol. The molecule has 0 spiro atoms. The Morgan fingerprint density at radius 2 is 2.09 bits per heavy atom. The standard InChI is InChI=1S/C19H18ClN7O5S2/c20-8-3-12(13(23-4-8)17-21-1-2-22-17)34-18-16(30)14(15(29)11(6-28)32-18)27-5-9(25-26-27)10-7-33-19(31)24-10/h1-5,7,11,14-16,18,28-30H,6H2,(H,21,22)(H,24,31). The van der Waals surface area contributed by atoms with Crippen molar-refractivity contribution >= 4 is 34.7 Å². The number of hydrogen-bond donors (Lipinski definition) is 5. The molecule has 15 heteroatoms. The predicted octanol–water partition coefficient (Wildman–Crippen LogP) is 1.32. The summed E-state index contributed by atoms with van der Waals surface area (Å²) in [5, 5.41) is 51.3. The molecule has 4 aromatic heterocycles. The van der Waals surface area contributed by atoms with Gasteiger partial charge in [-0.3, -0.25) is 4.98 Å². The molecule has 0 amide bonds. The van der Waals surface area contributed by atoms with Crippen molar-refractivity contribution in [1.82, 2.24) is 34.9 Å². The highest BCUT2D eigenvalue weighted by Crippen LogP contribution is 2.41. The van der Waals surface area contributed by atoms with Crippen LogP contribution in [0.4, 0.5) is 0 Å². The number of aliphatic hydroxyl groups is 3. The zero-order valence-electron chi connectivity index (χ0n) is 17.1. The smallest absolute Gasteiger partial charge is 0.271 e. The third-order valence-corrected chi connectivity index (χ3v) is 7.24. The van der Waals surface area contributed by atoms with E-state index in [2.05, 4.69) is 30.2 Å². The molecule has 1 aliphatic heterocycles. The van der Waals surface area contributed by atoms with Crippen molar-refractivity contribution in [3.05, 3.63) is 41.3 Å². The van der Waals surface area contributed by atoms with Crippen LogP contribution >= 0.6 is 34.7 Å². The summed E-state index contributed by atoms with van der Waals surface area (Å²) in [6.07, 6.45) is 2.69. The number of thioether (sulfide) groups is 1. The normalized spacial score (nSPS) is 25.0. The number of hydrogen-bond acceptors (Lipinski definition) is 12. The van der Waals surface area contributed by atoms with Crippen LogP contribution in [0.3, 0.4) is 0 Å². The van der Waals surface area contributed by atoms with Crippen LogP contribution in [0.1, 0.15) is 6.04 Å². The molecule has 4 aromatic rings. The van der Waals surface area contributed by atoms with E-state index in [9.17, 15) is 20.4 Å². The zero-order chi connectivity index (χ0) is 23.8. The lowest BCUT2D eigenvalue weighted by molar-refractivity contribution is -0.178. The Morgan fingerprint density at radius 1 is 1.24 bits per heavy atom. The van der Waals surface area contributed by atoms with Gasteiger partial charge in [0.15, 0.2) is 5.82 Å². The number of aliphatic hydroxyl groups excluding tert-OH is 3. The Labute approximate surface area is 205 Å². The number of aromatic hydroxyl groups is 1. The van der Waals surface area contributed by atoms with Crippen LogP contribution in [0.2, 0.25) is 5.02 Å². The van der Waals surface area contributed by atoms with Gasteiger partial charge in [-0.05, 0) is 6.07 Å². The molecule has 0 aliphatic carbocycles. The topological polar surface area (TPSA) is 175 Å². The number of halogens is 1. The summed E-state index contributed by atoms with van der Waals surface area (Å²) in [6, 6.07) is 0.680. The van der Waals surface area contributed by atoms with Crippen molar-refractivity contribution in [2.24, 2.45) is 0 Å². The zero-order valence-corrected chi connectivity index (χ0v) is 19.5. The van der Waals surface area contributed by atoms with E-state index < -0.39 is 36.4 Å².